The zero-order chi connectivity index (χ0) is 12.8. The molecule has 1 rings (SSSR count). The molecule has 1 heteroatoms. The SMILES string of the molecule is CC(C)CC(C)NC1CCCC(C(C)C)CC1. The average molecular weight is 239 g/mol. The molecule has 1 N–H and O–H groups in total. The van der Waals surface area contributed by atoms with Crippen LogP contribution in [0.1, 0.15) is 73.1 Å². The van der Waals surface area contributed by atoms with E-state index in [4.69, 9.17) is 0 Å². The summed E-state index contributed by atoms with van der Waals surface area (Å²) in [6.45, 7) is 11.8. The molecule has 0 heterocycles. The van der Waals surface area contributed by atoms with E-state index in [-0.39, 0.29) is 0 Å². The quantitative estimate of drug-likeness (QED) is 0.691. The molecule has 0 amide bonds. The highest BCUT2D eigenvalue weighted by Gasteiger charge is 2.21. The minimum Gasteiger partial charge on any atom is -0.311 e. The molecule has 0 saturated heterocycles. The number of rotatable bonds is 5. The van der Waals surface area contributed by atoms with Crippen molar-refractivity contribution in [3.05, 3.63) is 0 Å². The van der Waals surface area contributed by atoms with Crippen molar-refractivity contribution >= 4 is 0 Å². The third kappa shape index (κ3) is 5.90. The summed E-state index contributed by atoms with van der Waals surface area (Å²) in [7, 11) is 0. The van der Waals surface area contributed by atoms with E-state index in [1.165, 1.54) is 38.5 Å². The molecule has 3 unspecified atom stereocenters. The summed E-state index contributed by atoms with van der Waals surface area (Å²) in [6.07, 6.45) is 8.41. The fourth-order valence-electron chi connectivity index (χ4n) is 3.34. The molecule has 1 aliphatic rings. The van der Waals surface area contributed by atoms with Gasteiger partial charge in [0.15, 0.2) is 0 Å². The van der Waals surface area contributed by atoms with E-state index in [1.54, 1.807) is 0 Å². The minimum absolute atomic E-state index is 0.690. The molecule has 1 nitrogen and oxygen atoms in total. The molecule has 0 aromatic heterocycles. The zero-order valence-corrected chi connectivity index (χ0v) is 12.6. The van der Waals surface area contributed by atoms with Crippen molar-refractivity contribution in [2.24, 2.45) is 17.8 Å². The Morgan fingerprint density at radius 1 is 0.941 bits per heavy atom. The lowest BCUT2D eigenvalue weighted by atomic mass is 9.89. The molecule has 0 aromatic carbocycles. The molecule has 1 fully saturated rings. The normalized spacial score (nSPS) is 28.4. The van der Waals surface area contributed by atoms with Crippen LogP contribution in [0, 0.1) is 17.8 Å². The Kier molecular flexibility index (Phi) is 6.54. The number of hydrogen-bond acceptors (Lipinski definition) is 1. The Hall–Kier alpha value is -0.0400. The second-order valence-corrected chi connectivity index (χ2v) is 6.91. The second kappa shape index (κ2) is 7.41. The molecule has 1 saturated carbocycles. The van der Waals surface area contributed by atoms with Crippen molar-refractivity contribution in [1.29, 1.82) is 0 Å². The summed E-state index contributed by atoms with van der Waals surface area (Å²) in [6, 6.07) is 1.48. The molecule has 0 bridgehead atoms. The Bertz CT molecular complexity index is 198. The summed E-state index contributed by atoms with van der Waals surface area (Å²) >= 11 is 0. The van der Waals surface area contributed by atoms with Crippen LogP contribution in [0.25, 0.3) is 0 Å². The maximum absolute atomic E-state index is 3.85. The predicted molar refractivity (Wildman–Crippen MR) is 77.3 cm³/mol. The summed E-state index contributed by atoms with van der Waals surface area (Å²) in [5, 5.41) is 3.85. The van der Waals surface area contributed by atoms with Crippen LogP contribution in [-0.4, -0.2) is 12.1 Å². The molecule has 102 valence electrons. The second-order valence-electron chi connectivity index (χ2n) is 6.91. The lowest BCUT2D eigenvalue weighted by Crippen LogP contribution is -2.37. The van der Waals surface area contributed by atoms with Gasteiger partial charge in [0, 0.05) is 12.1 Å². The molecule has 17 heavy (non-hydrogen) atoms. The highest BCUT2D eigenvalue weighted by Crippen LogP contribution is 2.29. The van der Waals surface area contributed by atoms with Crippen LogP contribution in [-0.2, 0) is 0 Å². The molecule has 1 aliphatic carbocycles. The van der Waals surface area contributed by atoms with E-state index in [0.717, 1.165) is 23.8 Å². The van der Waals surface area contributed by atoms with Crippen molar-refractivity contribution in [3.63, 3.8) is 0 Å². The van der Waals surface area contributed by atoms with Gasteiger partial charge in [0.1, 0.15) is 0 Å². The topological polar surface area (TPSA) is 12.0 Å². The van der Waals surface area contributed by atoms with Crippen molar-refractivity contribution in [2.75, 3.05) is 0 Å². The number of nitrogens with one attached hydrogen (secondary N) is 1. The van der Waals surface area contributed by atoms with Crippen molar-refractivity contribution in [1.82, 2.24) is 5.32 Å². The number of hydrogen-bond donors (Lipinski definition) is 1. The van der Waals surface area contributed by atoms with Crippen molar-refractivity contribution in [3.8, 4) is 0 Å². The Morgan fingerprint density at radius 2 is 1.65 bits per heavy atom. The molecule has 3 atom stereocenters. The van der Waals surface area contributed by atoms with Crippen LogP contribution in [0.2, 0.25) is 0 Å². The van der Waals surface area contributed by atoms with E-state index < -0.39 is 0 Å². The highest BCUT2D eigenvalue weighted by atomic mass is 14.9. The van der Waals surface area contributed by atoms with E-state index >= 15 is 0 Å². The van der Waals surface area contributed by atoms with Crippen LogP contribution in [0.15, 0.2) is 0 Å². The molecule has 0 radical (unpaired) electrons. The summed E-state index contributed by atoms with van der Waals surface area (Å²) in [4.78, 5) is 0. The summed E-state index contributed by atoms with van der Waals surface area (Å²) < 4.78 is 0. The molecule has 0 aliphatic heterocycles. The Labute approximate surface area is 109 Å². The standard InChI is InChI=1S/C16H33N/c1-12(2)11-14(5)17-16-8-6-7-15(9-10-16)13(3)4/h12-17H,6-11H2,1-5H3. The molecular weight excluding hydrogens is 206 g/mol. The highest BCUT2D eigenvalue weighted by molar-refractivity contribution is 4.78. The zero-order valence-electron chi connectivity index (χ0n) is 12.6. The monoisotopic (exact) mass is 239 g/mol. The van der Waals surface area contributed by atoms with Gasteiger partial charge in [-0.2, -0.15) is 0 Å². The van der Waals surface area contributed by atoms with Gasteiger partial charge in [-0.25, -0.2) is 0 Å². The van der Waals surface area contributed by atoms with E-state index in [9.17, 15) is 0 Å². The fraction of sp³-hybridized carbons (Fsp3) is 1.00. The molecular formula is C16H33N. The first kappa shape index (κ1) is 15.0. The van der Waals surface area contributed by atoms with E-state index in [2.05, 4.69) is 39.9 Å². The van der Waals surface area contributed by atoms with Crippen LogP contribution < -0.4 is 5.32 Å². The van der Waals surface area contributed by atoms with Gasteiger partial charge in [-0.05, 0) is 50.4 Å². The summed E-state index contributed by atoms with van der Waals surface area (Å²) in [5.74, 6) is 2.66. The van der Waals surface area contributed by atoms with Crippen molar-refractivity contribution < 1.29 is 0 Å². The first-order chi connectivity index (χ1) is 7.99. The van der Waals surface area contributed by atoms with Crippen LogP contribution in [0.3, 0.4) is 0 Å². The van der Waals surface area contributed by atoms with Gasteiger partial charge in [0.05, 0.1) is 0 Å². The fourth-order valence-corrected chi connectivity index (χ4v) is 3.34. The Balaban J connectivity index is 2.31. The van der Waals surface area contributed by atoms with Gasteiger partial charge >= 0.3 is 0 Å². The smallest absolute Gasteiger partial charge is 0.00696 e. The third-order valence-corrected chi connectivity index (χ3v) is 4.30. The maximum atomic E-state index is 3.85. The maximum Gasteiger partial charge on any atom is 0.00696 e. The molecule has 0 aromatic rings. The lowest BCUT2D eigenvalue weighted by molar-refractivity contribution is 0.329. The van der Waals surface area contributed by atoms with Gasteiger partial charge in [-0.15, -0.1) is 0 Å². The third-order valence-electron chi connectivity index (χ3n) is 4.30. The van der Waals surface area contributed by atoms with Gasteiger partial charge in [-0.1, -0.05) is 40.5 Å². The van der Waals surface area contributed by atoms with Gasteiger partial charge in [0.25, 0.3) is 0 Å². The van der Waals surface area contributed by atoms with Gasteiger partial charge < -0.3 is 5.32 Å². The van der Waals surface area contributed by atoms with Gasteiger partial charge in [0.2, 0.25) is 0 Å². The minimum atomic E-state index is 0.690. The summed E-state index contributed by atoms with van der Waals surface area (Å²) in [5.41, 5.74) is 0. The van der Waals surface area contributed by atoms with E-state index in [1.807, 2.05) is 0 Å². The van der Waals surface area contributed by atoms with Crippen molar-refractivity contribution in [2.45, 2.75) is 85.2 Å². The van der Waals surface area contributed by atoms with Crippen LogP contribution >= 0.6 is 0 Å². The predicted octanol–water partition coefficient (Wildman–Crippen LogP) is 4.62. The Morgan fingerprint density at radius 3 is 2.24 bits per heavy atom. The average Bonchev–Trinajstić information content (AvgIpc) is 2.41. The van der Waals surface area contributed by atoms with E-state index in [0.29, 0.717) is 6.04 Å². The van der Waals surface area contributed by atoms with Gasteiger partial charge in [-0.3, -0.25) is 0 Å². The van der Waals surface area contributed by atoms with Crippen LogP contribution in [0.4, 0.5) is 0 Å². The first-order valence-corrected chi connectivity index (χ1v) is 7.75. The first-order valence-electron chi connectivity index (χ1n) is 7.75. The molecule has 0 spiro atoms. The lowest BCUT2D eigenvalue weighted by Gasteiger charge is -2.23. The largest absolute Gasteiger partial charge is 0.311 e. The van der Waals surface area contributed by atoms with Crippen LogP contribution in [0.5, 0.6) is 0 Å².